The van der Waals surface area contributed by atoms with Crippen molar-refractivity contribution < 1.29 is 13.2 Å². The second-order valence-electron chi connectivity index (χ2n) is 7.18. The minimum absolute atomic E-state index is 0.238. The molecule has 0 saturated heterocycles. The fourth-order valence-corrected chi connectivity index (χ4v) is 5.73. The van der Waals surface area contributed by atoms with E-state index in [0.717, 1.165) is 11.1 Å². The average Bonchev–Trinajstić information content (AvgIpc) is 3.39. The monoisotopic (exact) mass is 462 g/mol. The van der Waals surface area contributed by atoms with Crippen LogP contribution in [-0.2, 0) is 10.0 Å². The van der Waals surface area contributed by atoms with E-state index in [1.54, 1.807) is 41.8 Å². The molecule has 0 bridgehead atoms. The molecule has 0 aliphatic rings. The van der Waals surface area contributed by atoms with E-state index in [1.165, 1.54) is 22.7 Å². The van der Waals surface area contributed by atoms with E-state index >= 15 is 0 Å². The summed E-state index contributed by atoms with van der Waals surface area (Å²) in [5, 5.41) is 4.82. The third-order valence-corrected chi connectivity index (χ3v) is 8.30. The van der Waals surface area contributed by atoms with Crippen LogP contribution in [0.2, 0.25) is 0 Å². The van der Waals surface area contributed by atoms with Gasteiger partial charge in [0.2, 0.25) is 0 Å². The highest BCUT2D eigenvalue weighted by Crippen LogP contribution is 2.26. The Morgan fingerprint density at radius 1 is 0.812 bits per heavy atom. The molecule has 0 aliphatic heterocycles. The highest BCUT2D eigenvalue weighted by molar-refractivity contribution is 7.94. The first-order chi connectivity index (χ1) is 15.5. The number of carbonyl (C=O) groups excluding carboxylic acids is 1. The second-order valence-corrected chi connectivity index (χ2v) is 10.3. The average molecular weight is 463 g/mol. The first kappa shape index (κ1) is 21.8. The molecular formula is C25H22N2O3S2. The first-order valence-corrected chi connectivity index (χ1v) is 12.3. The Balaban J connectivity index is 1.55. The van der Waals surface area contributed by atoms with E-state index in [2.05, 4.69) is 5.32 Å². The molecule has 1 amide bonds. The van der Waals surface area contributed by atoms with Crippen LogP contribution in [0.25, 0.3) is 0 Å². The van der Waals surface area contributed by atoms with Gasteiger partial charge < -0.3 is 5.32 Å². The van der Waals surface area contributed by atoms with Crippen molar-refractivity contribution in [2.45, 2.75) is 10.3 Å². The van der Waals surface area contributed by atoms with Crippen molar-refractivity contribution in [3.8, 4) is 0 Å². The van der Waals surface area contributed by atoms with Gasteiger partial charge in [-0.2, -0.15) is 0 Å². The quantitative estimate of drug-likeness (QED) is 0.416. The van der Waals surface area contributed by atoms with E-state index in [0.29, 0.717) is 11.3 Å². The van der Waals surface area contributed by atoms with Gasteiger partial charge in [0.1, 0.15) is 4.21 Å². The Labute approximate surface area is 192 Å². The maximum Gasteiger partial charge on any atom is 0.273 e. The molecule has 0 unspecified atom stereocenters. The number of carbonyl (C=O) groups is 1. The van der Waals surface area contributed by atoms with Crippen molar-refractivity contribution in [1.82, 2.24) is 5.32 Å². The van der Waals surface area contributed by atoms with E-state index < -0.39 is 10.0 Å². The van der Waals surface area contributed by atoms with Gasteiger partial charge in [-0.15, -0.1) is 11.3 Å². The molecule has 0 atom stereocenters. The highest BCUT2D eigenvalue weighted by Gasteiger charge is 2.23. The number of thiophene rings is 1. The normalized spacial score (nSPS) is 11.3. The molecule has 3 aromatic carbocycles. The van der Waals surface area contributed by atoms with Crippen molar-refractivity contribution in [3.05, 3.63) is 119 Å². The molecule has 0 saturated carbocycles. The number of sulfonamides is 1. The number of rotatable bonds is 7. The molecule has 0 aliphatic carbocycles. The molecule has 0 fully saturated rings. The number of nitrogens with one attached hydrogen (secondary N) is 1. The Morgan fingerprint density at radius 3 is 1.88 bits per heavy atom. The van der Waals surface area contributed by atoms with Crippen LogP contribution in [0, 0.1) is 0 Å². The lowest BCUT2D eigenvalue weighted by Crippen LogP contribution is -2.29. The Kier molecular flexibility index (Phi) is 6.39. The van der Waals surface area contributed by atoms with Crippen molar-refractivity contribution in [3.63, 3.8) is 0 Å². The van der Waals surface area contributed by atoms with Crippen LogP contribution in [0.15, 0.2) is 107 Å². The van der Waals surface area contributed by atoms with E-state index in [1.807, 2.05) is 60.7 Å². The van der Waals surface area contributed by atoms with Gasteiger partial charge in [-0.05, 0) is 46.8 Å². The van der Waals surface area contributed by atoms with E-state index in [4.69, 9.17) is 0 Å². The van der Waals surface area contributed by atoms with Gasteiger partial charge in [-0.1, -0.05) is 66.7 Å². The molecule has 4 aromatic rings. The standard InChI is InChI=1S/C25H22N2O3S2/c1-27(32(29,30)23-13-8-18-31-23)22-16-14-21(15-17-22)25(28)26-24(19-9-4-2-5-10-19)20-11-6-3-7-12-20/h2-18,24H,1H3,(H,26,28). The lowest BCUT2D eigenvalue weighted by molar-refractivity contribution is 0.0943. The molecule has 32 heavy (non-hydrogen) atoms. The molecule has 1 aromatic heterocycles. The summed E-state index contributed by atoms with van der Waals surface area (Å²) in [6, 6.07) is 29.1. The Bertz CT molecular complexity index is 1230. The summed E-state index contributed by atoms with van der Waals surface area (Å²) in [7, 11) is -2.12. The van der Waals surface area contributed by atoms with Crippen LogP contribution in [0.1, 0.15) is 27.5 Å². The van der Waals surface area contributed by atoms with Crippen LogP contribution in [0.3, 0.4) is 0 Å². The van der Waals surface area contributed by atoms with Crippen molar-refractivity contribution >= 4 is 33.0 Å². The number of amides is 1. The van der Waals surface area contributed by atoms with Gasteiger partial charge in [0, 0.05) is 12.6 Å². The third-order valence-electron chi connectivity index (χ3n) is 5.14. The van der Waals surface area contributed by atoms with E-state index in [9.17, 15) is 13.2 Å². The zero-order valence-corrected chi connectivity index (χ0v) is 19.0. The Hall–Kier alpha value is -3.42. The molecule has 5 nitrogen and oxygen atoms in total. The lowest BCUT2D eigenvalue weighted by atomic mass is 9.98. The minimum atomic E-state index is -3.62. The molecule has 0 spiro atoms. The molecule has 1 heterocycles. The maximum absolute atomic E-state index is 13.0. The molecular weight excluding hydrogens is 440 g/mol. The Morgan fingerprint density at radius 2 is 1.38 bits per heavy atom. The smallest absolute Gasteiger partial charge is 0.273 e. The van der Waals surface area contributed by atoms with Crippen LogP contribution in [0.4, 0.5) is 5.69 Å². The summed E-state index contributed by atoms with van der Waals surface area (Å²) in [5.74, 6) is -0.238. The minimum Gasteiger partial charge on any atom is -0.341 e. The summed E-state index contributed by atoms with van der Waals surface area (Å²) < 4.78 is 27.0. The van der Waals surface area contributed by atoms with Gasteiger partial charge in [0.05, 0.1) is 11.7 Å². The van der Waals surface area contributed by atoms with Gasteiger partial charge in [0.15, 0.2) is 0 Å². The fraction of sp³-hybridized carbons (Fsp3) is 0.0800. The first-order valence-electron chi connectivity index (χ1n) is 10.00. The summed E-state index contributed by atoms with van der Waals surface area (Å²) in [4.78, 5) is 13.0. The number of hydrogen-bond acceptors (Lipinski definition) is 4. The summed E-state index contributed by atoms with van der Waals surface area (Å²) in [5.41, 5.74) is 2.89. The second kappa shape index (κ2) is 9.38. The summed E-state index contributed by atoms with van der Waals surface area (Å²) in [6.07, 6.45) is 0. The SMILES string of the molecule is CN(c1ccc(C(=O)NC(c2ccccc2)c2ccccc2)cc1)S(=O)(=O)c1cccs1. The van der Waals surface area contributed by atoms with Gasteiger partial charge in [-0.25, -0.2) is 8.42 Å². The zero-order valence-electron chi connectivity index (χ0n) is 17.4. The van der Waals surface area contributed by atoms with Crippen LogP contribution >= 0.6 is 11.3 Å². The van der Waals surface area contributed by atoms with E-state index in [-0.39, 0.29) is 16.2 Å². The molecule has 162 valence electrons. The zero-order chi connectivity index (χ0) is 22.6. The van der Waals surface area contributed by atoms with Crippen molar-refractivity contribution in [1.29, 1.82) is 0 Å². The lowest BCUT2D eigenvalue weighted by Gasteiger charge is -2.21. The van der Waals surface area contributed by atoms with Gasteiger partial charge in [-0.3, -0.25) is 9.10 Å². The molecule has 7 heteroatoms. The number of nitrogens with zero attached hydrogens (tertiary/aromatic N) is 1. The number of benzene rings is 3. The predicted molar refractivity (Wildman–Crippen MR) is 129 cm³/mol. The van der Waals surface area contributed by atoms with Crippen LogP contribution in [0.5, 0.6) is 0 Å². The largest absolute Gasteiger partial charge is 0.341 e. The fourth-order valence-electron chi connectivity index (χ4n) is 3.37. The van der Waals surface area contributed by atoms with Crippen LogP contribution < -0.4 is 9.62 Å². The van der Waals surface area contributed by atoms with Crippen molar-refractivity contribution in [2.24, 2.45) is 0 Å². The summed E-state index contributed by atoms with van der Waals surface area (Å²) >= 11 is 1.17. The van der Waals surface area contributed by atoms with Crippen LogP contribution in [-0.4, -0.2) is 21.4 Å². The number of anilines is 1. The summed E-state index contributed by atoms with van der Waals surface area (Å²) in [6.45, 7) is 0. The number of hydrogen-bond donors (Lipinski definition) is 1. The van der Waals surface area contributed by atoms with Gasteiger partial charge >= 0.3 is 0 Å². The molecule has 1 N–H and O–H groups in total. The molecule has 4 rings (SSSR count). The van der Waals surface area contributed by atoms with Gasteiger partial charge in [0.25, 0.3) is 15.9 Å². The highest BCUT2D eigenvalue weighted by atomic mass is 32.2. The predicted octanol–water partition coefficient (Wildman–Crippen LogP) is 5.09. The maximum atomic E-state index is 13.0. The topological polar surface area (TPSA) is 66.5 Å². The molecule has 0 radical (unpaired) electrons. The van der Waals surface area contributed by atoms with Crippen molar-refractivity contribution in [2.75, 3.05) is 11.4 Å². The third kappa shape index (κ3) is 4.59.